The van der Waals surface area contributed by atoms with Crippen LogP contribution in [0.3, 0.4) is 0 Å². The number of hydrogen-bond donors (Lipinski definition) is 1. The number of ether oxygens (including phenoxy) is 1. The maximum absolute atomic E-state index is 11.3. The highest BCUT2D eigenvalue weighted by molar-refractivity contribution is 5.75. The van der Waals surface area contributed by atoms with Crippen LogP contribution in [0.25, 0.3) is 0 Å². The number of hydrogen-bond acceptors (Lipinski definition) is 3. The molecule has 0 amide bonds. The van der Waals surface area contributed by atoms with Crippen molar-refractivity contribution < 1.29 is 9.53 Å². The van der Waals surface area contributed by atoms with Gasteiger partial charge in [0.05, 0.1) is 6.61 Å². The molecule has 1 saturated carbocycles. The van der Waals surface area contributed by atoms with Gasteiger partial charge < -0.3 is 10.1 Å². The molecule has 0 aromatic carbocycles. The Balaban J connectivity index is 2.15. The molecule has 1 fully saturated rings. The van der Waals surface area contributed by atoms with Gasteiger partial charge in [-0.2, -0.15) is 0 Å². The van der Waals surface area contributed by atoms with E-state index in [9.17, 15) is 4.79 Å². The van der Waals surface area contributed by atoms with Crippen molar-refractivity contribution in [3.05, 3.63) is 0 Å². The molecule has 2 unspecified atom stereocenters. The van der Waals surface area contributed by atoms with Crippen molar-refractivity contribution in [1.82, 2.24) is 5.32 Å². The number of rotatable bonds is 5. The summed E-state index contributed by atoms with van der Waals surface area (Å²) in [5.74, 6) is 0.574. The van der Waals surface area contributed by atoms with Crippen molar-refractivity contribution in [3.63, 3.8) is 0 Å². The molecule has 1 aliphatic rings. The molecule has 0 bridgehead atoms. The summed E-state index contributed by atoms with van der Waals surface area (Å²) in [6.45, 7) is 9.58. The first-order chi connectivity index (χ1) is 6.47. The molecule has 0 aromatic rings. The van der Waals surface area contributed by atoms with Gasteiger partial charge in [0.25, 0.3) is 0 Å². The van der Waals surface area contributed by atoms with Crippen LogP contribution in [0.2, 0.25) is 0 Å². The first-order valence-corrected chi connectivity index (χ1v) is 5.37. The van der Waals surface area contributed by atoms with Crippen molar-refractivity contribution in [2.75, 3.05) is 13.2 Å². The Hall–Kier alpha value is -0.570. The summed E-state index contributed by atoms with van der Waals surface area (Å²) in [7, 11) is 0. The summed E-state index contributed by atoms with van der Waals surface area (Å²) in [6.07, 6.45) is 1.26. The van der Waals surface area contributed by atoms with Crippen molar-refractivity contribution in [3.8, 4) is 0 Å². The fourth-order valence-corrected chi connectivity index (χ4v) is 1.59. The van der Waals surface area contributed by atoms with Gasteiger partial charge in [0.1, 0.15) is 6.04 Å². The summed E-state index contributed by atoms with van der Waals surface area (Å²) < 4.78 is 4.91. The van der Waals surface area contributed by atoms with E-state index in [4.69, 9.17) is 4.74 Å². The molecule has 0 saturated heterocycles. The molecule has 0 aromatic heterocycles. The van der Waals surface area contributed by atoms with Gasteiger partial charge in [-0.1, -0.05) is 13.8 Å². The Labute approximate surface area is 86.2 Å². The largest absolute Gasteiger partial charge is 0.465 e. The Morgan fingerprint density at radius 2 is 2.21 bits per heavy atom. The number of carbonyl (C=O) groups excluding carboxylic acids is 1. The number of esters is 1. The summed E-state index contributed by atoms with van der Waals surface area (Å²) in [4.78, 5) is 11.3. The van der Waals surface area contributed by atoms with E-state index >= 15 is 0 Å². The highest BCUT2D eigenvalue weighted by Crippen LogP contribution is 2.50. The van der Waals surface area contributed by atoms with E-state index < -0.39 is 0 Å². The highest BCUT2D eigenvalue weighted by Gasteiger charge is 2.45. The molecule has 0 aliphatic heterocycles. The molecule has 1 N–H and O–H groups in total. The first kappa shape index (κ1) is 11.5. The quantitative estimate of drug-likeness (QED) is 0.683. The fraction of sp³-hybridized carbons (Fsp3) is 0.909. The second-order valence-electron chi connectivity index (χ2n) is 4.77. The third-order valence-electron chi connectivity index (χ3n) is 3.03. The van der Waals surface area contributed by atoms with Crippen molar-refractivity contribution in [1.29, 1.82) is 0 Å². The van der Waals surface area contributed by atoms with Gasteiger partial charge in [-0.15, -0.1) is 0 Å². The van der Waals surface area contributed by atoms with Gasteiger partial charge in [-0.05, 0) is 38.1 Å². The van der Waals surface area contributed by atoms with Crippen LogP contribution in [0.15, 0.2) is 0 Å². The highest BCUT2D eigenvalue weighted by atomic mass is 16.5. The van der Waals surface area contributed by atoms with E-state index in [2.05, 4.69) is 19.2 Å². The minimum atomic E-state index is -0.175. The van der Waals surface area contributed by atoms with Crippen LogP contribution in [0.4, 0.5) is 0 Å². The summed E-state index contributed by atoms with van der Waals surface area (Å²) in [5.41, 5.74) is 0.474. The third-order valence-corrected chi connectivity index (χ3v) is 3.03. The van der Waals surface area contributed by atoms with Gasteiger partial charge in [0, 0.05) is 0 Å². The Bertz CT molecular complexity index is 213. The van der Waals surface area contributed by atoms with Gasteiger partial charge in [-0.3, -0.25) is 4.79 Å². The molecule has 0 heterocycles. The van der Waals surface area contributed by atoms with E-state index in [-0.39, 0.29) is 12.0 Å². The molecule has 2 atom stereocenters. The smallest absolute Gasteiger partial charge is 0.322 e. The predicted molar refractivity (Wildman–Crippen MR) is 56.0 cm³/mol. The van der Waals surface area contributed by atoms with Gasteiger partial charge in [-0.25, -0.2) is 0 Å². The normalized spacial score (nSPS) is 25.6. The summed E-state index contributed by atoms with van der Waals surface area (Å²) >= 11 is 0. The fourth-order valence-electron chi connectivity index (χ4n) is 1.59. The molecule has 3 nitrogen and oxygen atoms in total. The molecule has 0 spiro atoms. The minimum absolute atomic E-state index is 0.147. The summed E-state index contributed by atoms with van der Waals surface area (Å²) in [6, 6.07) is -0.175. The number of carbonyl (C=O) groups is 1. The van der Waals surface area contributed by atoms with Crippen LogP contribution in [-0.4, -0.2) is 25.2 Å². The van der Waals surface area contributed by atoms with Crippen LogP contribution in [0.5, 0.6) is 0 Å². The average Bonchev–Trinajstić information content (AvgIpc) is 2.70. The van der Waals surface area contributed by atoms with E-state index in [0.29, 0.717) is 12.0 Å². The second-order valence-corrected chi connectivity index (χ2v) is 4.77. The lowest BCUT2D eigenvalue weighted by molar-refractivity contribution is -0.145. The molecular weight excluding hydrogens is 178 g/mol. The molecule has 3 heteroatoms. The van der Waals surface area contributed by atoms with Crippen molar-refractivity contribution >= 4 is 5.97 Å². The summed E-state index contributed by atoms with van der Waals surface area (Å²) in [5, 5.41) is 3.21. The predicted octanol–water partition coefficient (Wildman–Crippen LogP) is 1.57. The third kappa shape index (κ3) is 2.98. The van der Waals surface area contributed by atoms with E-state index in [1.807, 2.05) is 13.8 Å². The van der Waals surface area contributed by atoms with E-state index in [1.54, 1.807) is 0 Å². The Morgan fingerprint density at radius 1 is 1.64 bits per heavy atom. The molecule has 1 aliphatic carbocycles. The lowest BCUT2D eigenvalue weighted by Crippen LogP contribution is -2.37. The topological polar surface area (TPSA) is 38.3 Å². The minimum Gasteiger partial charge on any atom is -0.465 e. The van der Waals surface area contributed by atoms with Gasteiger partial charge in [0.15, 0.2) is 0 Å². The van der Waals surface area contributed by atoms with Crippen molar-refractivity contribution in [2.24, 2.45) is 11.3 Å². The number of nitrogens with one attached hydrogen (secondary N) is 1. The van der Waals surface area contributed by atoms with Gasteiger partial charge in [0.2, 0.25) is 0 Å². The Kier molecular flexibility index (Phi) is 3.53. The maximum atomic E-state index is 11.3. The Morgan fingerprint density at radius 3 is 2.64 bits per heavy atom. The van der Waals surface area contributed by atoms with E-state index in [1.165, 1.54) is 6.42 Å². The zero-order chi connectivity index (χ0) is 10.8. The maximum Gasteiger partial charge on any atom is 0.322 e. The zero-order valence-electron chi connectivity index (χ0n) is 9.59. The second kappa shape index (κ2) is 4.30. The van der Waals surface area contributed by atoms with Crippen LogP contribution in [-0.2, 0) is 9.53 Å². The lowest BCUT2D eigenvalue weighted by atomic mass is 10.1. The van der Waals surface area contributed by atoms with Gasteiger partial charge >= 0.3 is 5.97 Å². The first-order valence-electron chi connectivity index (χ1n) is 5.37. The van der Waals surface area contributed by atoms with E-state index in [0.717, 1.165) is 12.5 Å². The molecule has 0 radical (unpaired) electrons. The standard InChI is InChI=1S/C11H21NO2/c1-5-14-10(13)8(2)12-7-9-6-11(9,3)4/h8-9,12H,5-7H2,1-4H3. The molecule has 82 valence electrons. The van der Waals surface area contributed by atoms with Crippen molar-refractivity contribution in [2.45, 2.75) is 40.2 Å². The molecular formula is C11H21NO2. The SMILES string of the molecule is CCOC(=O)C(C)NCC1CC1(C)C. The van der Waals surface area contributed by atoms with Crippen LogP contribution < -0.4 is 5.32 Å². The lowest BCUT2D eigenvalue weighted by Gasteiger charge is -2.12. The van der Waals surface area contributed by atoms with Crippen LogP contribution in [0, 0.1) is 11.3 Å². The molecule has 14 heavy (non-hydrogen) atoms. The molecule has 1 rings (SSSR count). The monoisotopic (exact) mass is 199 g/mol. The zero-order valence-corrected chi connectivity index (χ0v) is 9.59. The van der Waals surface area contributed by atoms with Crippen LogP contribution >= 0.6 is 0 Å². The average molecular weight is 199 g/mol. The van der Waals surface area contributed by atoms with Crippen LogP contribution in [0.1, 0.15) is 34.1 Å².